The second-order valence-electron chi connectivity index (χ2n) is 8.03. The van der Waals surface area contributed by atoms with E-state index in [-0.39, 0.29) is 6.10 Å². The SMILES string of the molecule is CS(=O)c1ccc(-c2cc3c(-c4ccc(OC5CCOCC5)c(C#N)c4)ccnc3[nH]2)cc1. The van der Waals surface area contributed by atoms with Gasteiger partial charge < -0.3 is 14.5 Å². The molecule has 1 aliphatic rings. The van der Waals surface area contributed by atoms with Crippen molar-refractivity contribution in [3.8, 4) is 34.2 Å². The second kappa shape index (κ2) is 9.18. The highest BCUT2D eigenvalue weighted by Crippen LogP contribution is 2.34. The average molecular weight is 458 g/mol. The Kier molecular flexibility index (Phi) is 5.95. The van der Waals surface area contributed by atoms with Crippen molar-refractivity contribution in [2.45, 2.75) is 23.8 Å². The molecule has 1 saturated heterocycles. The summed E-state index contributed by atoms with van der Waals surface area (Å²) in [4.78, 5) is 8.66. The third kappa shape index (κ3) is 4.40. The molecule has 0 amide bonds. The highest BCUT2D eigenvalue weighted by atomic mass is 32.2. The van der Waals surface area contributed by atoms with Gasteiger partial charge in [0.05, 0.1) is 18.8 Å². The summed E-state index contributed by atoms with van der Waals surface area (Å²) in [6.45, 7) is 1.38. The molecule has 6 nitrogen and oxygen atoms in total. The van der Waals surface area contributed by atoms with E-state index in [1.165, 1.54) is 0 Å². The topological polar surface area (TPSA) is 88.0 Å². The van der Waals surface area contributed by atoms with Gasteiger partial charge in [0, 0.05) is 52.1 Å². The summed E-state index contributed by atoms with van der Waals surface area (Å²) in [6.07, 6.45) is 5.18. The van der Waals surface area contributed by atoms with Crippen molar-refractivity contribution in [2.24, 2.45) is 0 Å². The molecule has 166 valence electrons. The molecule has 3 heterocycles. The lowest BCUT2D eigenvalue weighted by molar-refractivity contribution is 0.0254. The molecule has 1 fully saturated rings. The van der Waals surface area contributed by atoms with Crippen LogP contribution in [0.5, 0.6) is 5.75 Å². The van der Waals surface area contributed by atoms with Gasteiger partial charge in [-0.05, 0) is 53.1 Å². The van der Waals surface area contributed by atoms with Crippen LogP contribution in [0.15, 0.2) is 65.7 Å². The number of aromatic amines is 1. The van der Waals surface area contributed by atoms with Gasteiger partial charge in [0.1, 0.15) is 23.6 Å². The maximum absolute atomic E-state index is 11.7. The predicted molar refractivity (Wildman–Crippen MR) is 128 cm³/mol. The fourth-order valence-electron chi connectivity index (χ4n) is 4.12. The van der Waals surface area contributed by atoms with Crippen LogP contribution in [0.3, 0.4) is 0 Å². The largest absolute Gasteiger partial charge is 0.489 e. The van der Waals surface area contributed by atoms with E-state index in [2.05, 4.69) is 22.1 Å². The van der Waals surface area contributed by atoms with Gasteiger partial charge in [-0.2, -0.15) is 5.26 Å². The lowest BCUT2D eigenvalue weighted by Gasteiger charge is -2.23. The molecular formula is C26H23N3O3S. The minimum Gasteiger partial charge on any atom is -0.489 e. The molecule has 7 heteroatoms. The zero-order valence-corrected chi connectivity index (χ0v) is 19.0. The normalized spacial score (nSPS) is 15.3. The Labute approximate surface area is 194 Å². The van der Waals surface area contributed by atoms with Crippen molar-refractivity contribution in [3.63, 3.8) is 0 Å². The fourth-order valence-corrected chi connectivity index (χ4v) is 4.64. The maximum Gasteiger partial charge on any atom is 0.138 e. The van der Waals surface area contributed by atoms with Gasteiger partial charge in [-0.25, -0.2) is 4.98 Å². The molecule has 0 bridgehead atoms. The molecule has 0 spiro atoms. The molecule has 1 N–H and O–H groups in total. The first-order valence-corrected chi connectivity index (χ1v) is 12.4. The number of hydrogen-bond donors (Lipinski definition) is 1. The Hall–Kier alpha value is -3.47. The van der Waals surface area contributed by atoms with Crippen molar-refractivity contribution in [3.05, 3.63) is 66.4 Å². The molecule has 2 aromatic carbocycles. The third-order valence-corrected chi connectivity index (χ3v) is 6.84. The van der Waals surface area contributed by atoms with E-state index in [4.69, 9.17) is 9.47 Å². The van der Waals surface area contributed by atoms with Crippen LogP contribution < -0.4 is 4.74 Å². The van der Waals surface area contributed by atoms with Crippen LogP contribution in [-0.2, 0) is 15.5 Å². The van der Waals surface area contributed by atoms with E-state index in [1.807, 2.05) is 48.5 Å². The monoisotopic (exact) mass is 457 g/mol. The number of aromatic nitrogens is 2. The summed E-state index contributed by atoms with van der Waals surface area (Å²) >= 11 is 0. The van der Waals surface area contributed by atoms with Crippen molar-refractivity contribution < 1.29 is 13.7 Å². The molecule has 1 atom stereocenters. The number of ether oxygens (including phenoxy) is 2. The van der Waals surface area contributed by atoms with Crippen molar-refractivity contribution in [1.82, 2.24) is 9.97 Å². The Balaban J connectivity index is 1.49. The summed E-state index contributed by atoms with van der Waals surface area (Å²) in [7, 11) is -1.01. The molecule has 0 radical (unpaired) electrons. The number of fused-ring (bicyclic) bond motifs is 1. The number of rotatable bonds is 5. The number of nitrogens with zero attached hydrogens (tertiary/aromatic N) is 2. The minimum atomic E-state index is -1.01. The Morgan fingerprint density at radius 3 is 2.58 bits per heavy atom. The summed E-state index contributed by atoms with van der Waals surface area (Å²) in [5.74, 6) is 0.613. The molecule has 0 saturated carbocycles. The Morgan fingerprint density at radius 1 is 1.09 bits per heavy atom. The molecule has 33 heavy (non-hydrogen) atoms. The maximum atomic E-state index is 11.7. The van der Waals surface area contributed by atoms with E-state index in [0.29, 0.717) is 24.5 Å². The number of H-pyrrole nitrogens is 1. The van der Waals surface area contributed by atoms with Crippen LogP contribution in [0.1, 0.15) is 18.4 Å². The van der Waals surface area contributed by atoms with Crippen LogP contribution in [0.2, 0.25) is 0 Å². The van der Waals surface area contributed by atoms with Gasteiger partial charge in [-0.3, -0.25) is 4.21 Å². The quantitative estimate of drug-likeness (QED) is 0.452. The van der Waals surface area contributed by atoms with Crippen LogP contribution in [0.25, 0.3) is 33.4 Å². The molecule has 1 unspecified atom stereocenters. The molecule has 4 aromatic rings. The molecule has 2 aromatic heterocycles. The zero-order valence-electron chi connectivity index (χ0n) is 18.2. The fraction of sp³-hybridized carbons (Fsp3) is 0.231. The lowest BCUT2D eigenvalue weighted by Crippen LogP contribution is -2.26. The zero-order chi connectivity index (χ0) is 22.8. The summed E-state index contributed by atoms with van der Waals surface area (Å²) in [6, 6.07) is 19.7. The average Bonchev–Trinajstić information content (AvgIpc) is 3.29. The summed E-state index contributed by atoms with van der Waals surface area (Å²) in [5, 5.41) is 10.7. The van der Waals surface area contributed by atoms with Crippen molar-refractivity contribution in [1.29, 1.82) is 5.26 Å². The van der Waals surface area contributed by atoms with Gasteiger partial charge >= 0.3 is 0 Å². The molecule has 0 aliphatic carbocycles. The van der Waals surface area contributed by atoms with Crippen molar-refractivity contribution in [2.75, 3.05) is 19.5 Å². The van der Waals surface area contributed by atoms with Crippen LogP contribution in [0.4, 0.5) is 0 Å². The van der Waals surface area contributed by atoms with E-state index in [9.17, 15) is 9.47 Å². The Bertz CT molecular complexity index is 1370. The molecule has 1 aliphatic heterocycles. The van der Waals surface area contributed by atoms with E-state index in [0.717, 1.165) is 51.2 Å². The van der Waals surface area contributed by atoms with Gasteiger partial charge in [0.15, 0.2) is 0 Å². The van der Waals surface area contributed by atoms with Crippen LogP contribution in [-0.4, -0.2) is 39.8 Å². The van der Waals surface area contributed by atoms with Gasteiger partial charge in [0.25, 0.3) is 0 Å². The minimum absolute atomic E-state index is 0.0769. The van der Waals surface area contributed by atoms with Crippen LogP contribution >= 0.6 is 0 Å². The number of pyridine rings is 1. The lowest BCUT2D eigenvalue weighted by atomic mass is 10.0. The van der Waals surface area contributed by atoms with E-state index >= 15 is 0 Å². The van der Waals surface area contributed by atoms with E-state index < -0.39 is 10.8 Å². The number of nitrogens with one attached hydrogen (secondary N) is 1. The number of hydrogen-bond acceptors (Lipinski definition) is 5. The highest BCUT2D eigenvalue weighted by Gasteiger charge is 2.18. The second-order valence-corrected chi connectivity index (χ2v) is 9.41. The standard InChI is InChI=1S/C26H23N3O3S/c1-33(30)21-5-2-17(3-6-21)24-15-23-22(8-11-28-26(23)29-24)18-4-7-25(19(14-18)16-27)32-20-9-12-31-13-10-20/h2-8,11,14-15,20H,9-10,12-13H2,1H3,(H,28,29). The highest BCUT2D eigenvalue weighted by molar-refractivity contribution is 7.84. The first-order valence-electron chi connectivity index (χ1n) is 10.8. The van der Waals surface area contributed by atoms with Gasteiger partial charge in [-0.15, -0.1) is 0 Å². The first kappa shape index (κ1) is 21.4. The third-order valence-electron chi connectivity index (χ3n) is 5.90. The van der Waals surface area contributed by atoms with Gasteiger partial charge in [-0.1, -0.05) is 18.2 Å². The number of benzene rings is 2. The molecule has 5 rings (SSSR count). The number of nitriles is 1. The molecular weight excluding hydrogens is 434 g/mol. The first-order chi connectivity index (χ1) is 16.1. The van der Waals surface area contributed by atoms with Crippen LogP contribution in [0, 0.1) is 11.3 Å². The van der Waals surface area contributed by atoms with E-state index in [1.54, 1.807) is 12.5 Å². The Morgan fingerprint density at radius 2 is 1.85 bits per heavy atom. The van der Waals surface area contributed by atoms with Crippen molar-refractivity contribution >= 4 is 21.8 Å². The summed E-state index contributed by atoms with van der Waals surface area (Å²) < 4.78 is 23.2. The smallest absolute Gasteiger partial charge is 0.138 e. The van der Waals surface area contributed by atoms with Gasteiger partial charge in [0.2, 0.25) is 0 Å². The summed E-state index contributed by atoms with van der Waals surface area (Å²) in [5.41, 5.74) is 5.13. The predicted octanol–water partition coefficient (Wildman–Crippen LogP) is 5.06.